The molecule has 1 fully saturated rings. The molecule has 1 N–H and O–H groups in total. The van der Waals surface area contributed by atoms with Crippen LogP contribution in [0, 0.1) is 0 Å². The van der Waals surface area contributed by atoms with E-state index in [9.17, 15) is 4.79 Å². The van der Waals surface area contributed by atoms with Gasteiger partial charge in [0, 0.05) is 27.1 Å². The van der Waals surface area contributed by atoms with Crippen molar-refractivity contribution in [2.24, 2.45) is 0 Å². The van der Waals surface area contributed by atoms with Crippen molar-refractivity contribution in [3.05, 3.63) is 62.5 Å². The van der Waals surface area contributed by atoms with E-state index in [1.54, 1.807) is 0 Å². The van der Waals surface area contributed by atoms with Crippen molar-refractivity contribution in [1.82, 2.24) is 4.90 Å². The summed E-state index contributed by atoms with van der Waals surface area (Å²) in [5.74, 6) is -0.0878. The highest BCUT2D eigenvalue weighted by Gasteiger charge is 2.20. The third-order valence-corrected chi connectivity index (χ3v) is 6.11. The first kappa shape index (κ1) is 19.6. The lowest BCUT2D eigenvalue weighted by Crippen LogP contribution is -2.33. The van der Waals surface area contributed by atoms with Crippen LogP contribution in [0.3, 0.4) is 0 Å². The van der Waals surface area contributed by atoms with Crippen molar-refractivity contribution < 1.29 is 4.79 Å². The molecule has 0 aromatic heterocycles. The van der Waals surface area contributed by atoms with Gasteiger partial charge in [0.1, 0.15) is 0 Å². The van der Waals surface area contributed by atoms with Crippen LogP contribution in [0.5, 0.6) is 0 Å². The van der Waals surface area contributed by atoms with Gasteiger partial charge in [0.15, 0.2) is 0 Å². The third-order valence-electron chi connectivity index (χ3n) is 5.03. The van der Waals surface area contributed by atoms with E-state index >= 15 is 0 Å². The molecule has 0 heterocycles. The van der Waals surface area contributed by atoms with Crippen LogP contribution in [0.1, 0.15) is 48.0 Å². The van der Waals surface area contributed by atoms with Gasteiger partial charge in [0.05, 0.1) is 5.69 Å². The summed E-state index contributed by atoms with van der Waals surface area (Å²) < 4.78 is 1.90. The molecule has 1 saturated carbocycles. The number of carbonyl (C=O) groups excluding carboxylic acids is 1. The topological polar surface area (TPSA) is 32.3 Å². The van der Waals surface area contributed by atoms with Gasteiger partial charge >= 0.3 is 0 Å². The van der Waals surface area contributed by atoms with Gasteiger partial charge < -0.3 is 5.32 Å². The van der Waals surface area contributed by atoms with Crippen LogP contribution in [0.25, 0.3) is 0 Å². The number of hydrogen-bond donors (Lipinski definition) is 1. The van der Waals surface area contributed by atoms with Crippen LogP contribution >= 0.6 is 31.9 Å². The van der Waals surface area contributed by atoms with Crippen molar-refractivity contribution in [3.8, 4) is 0 Å². The van der Waals surface area contributed by atoms with Crippen LogP contribution < -0.4 is 5.32 Å². The molecular weight excluding hydrogens is 456 g/mol. The van der Waals surface area contributed by atoms with E-state index in [2.05, 4.69) is 55.2 Å². The van der Waals surface area contributed by atoms with E-state index in [0.717, 1.165) is 26.7 Å². The van der Waals surface area contributed by atoms with Crippen molar-refractivity contribution in [2.75, 3.05) is 12.4 Å². The summed E-state index contributed by atoms with van der Waals surface area (Å²) in [6, 6.07) is 14.0. The van der Waals surface area contributed by atoms with E-state index in [1.165, 1.54) is 32.1 Å². The summed E-state index contributed by atoms with van der Waals surface area (Å²) in [5.41, 5.74) is 2.63. The number of carbonyl (C=O) groups is 1. The van der Waals surface area contributed by atoms with Gasteiger partial charge in [-0.25, -0.2) is 0 Å². The van der Waals surface area contributed by atoms with E-state index in [4.69, 9.17) is 0 Å². The molecular formula is C21H24Br2N2O. The molecule has 3 rings (SSSR count). The highest BCUT2D eigenvalue weighted by molar-refractivity contribution is 9.11. The largest absolute Gasteiger partial charge is 0.321 e. The first-order chi connectivity index (χ1) is 12.5. The number of halogens is 2. The molecule has 0 radical (unpaired) electrons. The number of amides is 1. The molecule has 1 aliphatic rings. The smallest absolute Gasteiger partial charge is 0.255 e. The van der Waals surface area contributed by atoms with Crippen molar-refractivity contribution in [3.63, 3.8) is 0 Å². The molecule has 2 aromatic carbocycles. The molecule has 0 unspecified atom stereocenters. The van der Waals surface area contributed by atoms with Gasteiger partial charge in [0.2, 0.25) is 0 Å². The molecule has 0 bridgehead atoms. The first-order valence-corrected chi connectivity index (χ1v) is 10.7. The lowest BCUT2D eigenvalue weighted by atomic mass is 9.94. The third kappa shape index (κ3) is 4.96. The predicted molar refractivity (Wildman–Crippen MR) is 115 cm³/mol. The predicted octanol–water partition coefficient (Wildman–Crippen LogP) is 6.23. The monoisotopic (exact) mass is 478 g/mol. The second kappa shape index (κ2) is 9.16. The van der Waals surface area contributed by atoms with Crippen LogP contribution in [0.15, 0.2) is 51.4 Å². The summed E-state index contributed by atoms with van der Waals surface area (Å²) in [6.07, 6.45) is 6.50. The Bertz CT molecular complexity index is 758. The summed E-state index contributed by atoms with van der Waals surface area (Å²) in [4.78, 5) is 15.1. The number of anilines is 1. The number of rotatable bonds is 5. The molecule has 1 amide bonds. The highest BCUT2D eigenvalue weighted by Crippen LogP contribution is 2.33. The fourth-order valence-electron chi connectivity index (χ4n) is 3.59. The maximum absolute atomic E-state index is 12.6. The molecule has 0 atom stereocenters. The standard InChI is InChI=1S/C21H24Br2N2O/c1-25(18-10-6-3-7-11-18)14-16-12-17(22)13-19(23)20(16)24-21(26)15-8-4-2-5-9-15/h2,4-5,8-9,12-13,18H,3,6-7,10-11,14H2,1H3,(H,24,26). The number of nitrogens with zero attached hydrogens (tertiary/aromatic N) is 1. The highest BCUT2D eigenvalue weighted by atomic mass is 79.9. The minimum Gasteiger partial charge on any atom is -0.321 e. The quantitative estimate of drug-likeness (QED) is 0.551. The second-order valence-corrected chi connectivity index (χ2v) is 8.72. The molecule has 1 aliphatic carbocycles. The van der Waals surface area contributed by atoms with E-state index in [0.29, 0.717) is 11.6 Å². The molecule has 3 nitrogen and oxygen atoms in total. The van der Waals surface area contributed by atoms with Gasteiger partial charge in [-0.05, 0) is 65.6 Å². The SMILES string of the molecule is CN(Cc1cc(Br)cc(Br)c1NC(=O)c1ccccc1)C1CCCCC1. The van der Waals surface area contributed by atoms with Crippen LogP contribution in [0.2, 0.25) is 0 Å². The molecule has 0 saturated heterocycles. The molecule has 0 spiro atoms. The van der Waals surface area contributed by atoms with Crippen LogP contribution in [-0.4, -0.2) is 23.9 Å². The molecule has 0 aliphatic heterocycles. The zero-order valence-corrected chi connectivity index (χ0v) is 18.1. The van der Waals surface area contributed by atoms with Gasteiger partial charge in [0.25, 0.3) is 5.91 Å². The van der Waals surface area contributed by atoms with E-state index < -0.39 is 0 Å². The van der Waals surface area contributed by atoms with Gasteiger partial charge in [-0.2, -0.15) is 0 Å². The van der Waals surface area contributed by atoms with Crippen LogP contribution in [0.4, 0.5) is 5.69 Å². The van der Waals surface area contributed by atoms with E-state index in [-0.39, 0.29) is 5.91 Å². The van der Waals surface area contributed by atoms with Crippen molar-refractivity contribution in [2.45, 2.75) is 44.7 Å². The zero-order valence-electron chi connectivity index (χ0n) is 15.0. The minimum absolute atomic E-state index is 0.0878. The van der Waals surface area contributed by atoms with Crippen LogP contribution in [-0.2, 0) is 6.54 Å². The van der Waals surface area contributed by atoms with Crippen molar-refractivity contribution >= 4 is 43.5 Å². The fourth-order valence-corrected chi connectivity index (χ4v) is 5.00. The van der Waals surface area contributed by atoms with Gasteiger partial charge in [-0.1, -0.05) is 53.4 Å². The van der Waals surface area contributed by atoms with Crippen molar-refractivity contribution in [1.29, 1.82) is 0 Å². The summed E-state index contributed by atoms with van der Waals surface area (Å²) in [5, 5.41) is 3.10. The maximum atomic E-state index is 12.6. The maximum Gasteiger partial charge on any atom is 0.255 e. The minimum atomic E-state index is -0.0878. The number of benzene rings is 2. The average Bonchev–Trinajstić information content (AvgIpc) is 2.65. The first-order valence-electron chi connectivity index (χ1n) is 9.09. The Balaban J connectivity index is 1.81. The van der Waals surface area contributed by atoms with Gasteiger partial charge in [-0.15, -0.1) is 0 Å². The normalized spacial score (nSPS) is 15.2. The number of nitrogens with one attached hydrogen (secondary N) is 1. The lowest BCUT2D eigenvalue weighted by molar-refractivity contribution is 0.102. The Kier molecular flexibility index (Phi) is 6.90. The lowest BCUT2D eigenvalue weighted by Gasteiger charge is -2.32. The fraction of sp³-hybridized carbons (Fsp3) is 0.381. The van der Waals surface area contributed by atoms with E-state index in [1.807, 2.05) is 36.4 Å². The molecule has 26 heavy (non-hydrogen) atoms. The summed E-state index contributed by atoms with van der Waals surface area (Å²) >= 11 is 7.20. The molecule has 5 heteroatoms. The second-order valence-electron chi connectivity index (χ2n) is 6.95. The summed E-state index contributed by atoms with van der Waals surface area (Å²) in [6.45, 7) is 0.813. The average molecular weight is 480 g/mol. The molecule has 138 valence electrons. The van der Waals surface area contributed by atoms with Gasteiger partial charge in [-0.3, -0.25) is 9.69 Å². The zero-order chi connectivity index (χ0) is 18.5. The Morgan fingerprint density at radius 1 is 1.12 bits per heavy atom. The summed E-state index contributed by atoms with van der Waals surface area (Å²) in [7, 11) is 2.19. The Morgan fingerprint density at radius 3 is 2.50 bits per heavy atom. The Hall–Kier alpha value is -1.17. The number of hydrogen-bond acceptors (Lipinski definition) is 2. The Morgan fingerprint density at radius 2 is 1.81 bits per heavy atom. The Labute approximate surface area is 172 Å². The molecule has 2 aromatic rings.